The minimum absolute atomic E-state index is 0.393. The number of halogens is 1. The largest absolute Gasteiger partial charge is 0.389 e. The van der Waals surface area contributed by atoms with E-state index in [1.54, 1.807) is 0 Å². The summed E-state index contributed by atoms with van der Waals surface area (Å²) in [7, 11) is 0. The van der Waals surface area contributed by atoms with Crippen LogP contribution >= 0.6 is 39.9 Å². The average molecular weight is 319 g/mol. The zero-order valence-corrected chi connectivity index (χ0v) is 12.5. The molecule has 0 bridgehead atoms. The standard InChI is InChI=1S/C11H15BrN2S2/c1-7(6-16-2)14-10-4-3-8(12)5-9(10)11(13)15/h3-5,7,14H,6H2,1-2H3,(H2,13,15). The summed E-state index contributed by atoms with van der Waals surface area (Å²) in [6.45, 7) is 2.14. The van der Waals surface area contributed by atoms with Gasteiger partial charge in [-0.1, -0.05) is 28.1 Å². The number of thioether (sulfide) groups is 1. The highest BCUT2D eigenvalue weighted by Crippen LogP contribution is 2.22. The quantitative estimate of drug-likeness (QED) is 0.817. The number of anilines is 1. The Labute approximate surface area is 114 Å². The Morgan fingerprint density at radius 1 is 1.62 bits per heavy atom. The van der Waals surface area contributed by atoms with E-state index < -0.39 is 0 Å². The van der Waals surface area contributed by atoms with Crippen LogP contribution in [0.2, 0.25) is 0 Å². The molecule has 0 fully saturated rings. The molecule has 1 rings (SSSR count). The van der Waals surface area contributed by atoms with Gasteiger partial charge in [0.25, 0.3) is 0 Å². The van der Waals surface area contributed by atoms with Gasteiger partial charge in [-0.15, -0.1) is 0 Å². The van der Waals surface area contributed by atoms with Gasteiger partial charge in [-0.05, 0) is 31.4 Å². The molecule has 0 saturated heterocycles. The molecule has 0 heterocycles. The highest BCUT2D eigenvalue weighted by atomic mass is 79.9. The lowest BCUT2D eigenvalue weighted by atomic mass is 10.1. The van der Waals surface area contributed by atoms with Crippen LogP contribution in [0.1, 0.15) is 12.5 Å². The van der Waals surface area contributed by atoms with Gasteiger partial charge in [0.15, 0.2) is 0 Å². The number of thiocarbonyl (C=S) groups is 1. The van der Waals surface area contributed by atoms with Crippen molar-refractivity contribution in [3.63, 3.8) is 0 Å². The van der Waals surface area contributed by atoms with Crippen LogP contribution in [0.15, 0.2) is 22.7 Å². The topological polar surface area (TPSA) is 38.0 Å². The monoisotopic (exact) mass is 318 g/mol. The zero-order chi connectivity index (χ0) is 12.1. The summed E-state index contributed by atoms with van der Waals surface area (Å²) in [6, 6.07) is 6.31. The SMILES string of the molecule is CSCC(C)Nc1ccc(Br)cc1C(N)=S. The minimum Gasteiger partial charge on any atom is -0.389 e. The molecule has 16 heavy (non-hydrogen) atoms. The van der Waals surface area contributed by atoms with Crippen LogP contribution in [0.5, 0.6) is 0 Å². The predicted molar refractivity (Wildman–Crippen MR) is 81.5 cm³/mol. The van der Waals surface area contributed by atoms with Gasteiger partial charge < -0.3 is 11.1 Å². The van der Waals surface area contributed by atoms with Gasteiger partial charge in [-0.25, -0.2) is 0 Å². The summed E-state index contributed by atoms with van der Waals surface area (Å²) < 4.78 is 0.985. The Bertz CT molecular complexity index is 382. The third kappa shape index (κ3) is 3.96. The molecule has 3 N–H and O–H groups in total. The van der Waals surface area contributed by atoms with Crippen molar-refractivity contribution in [2.45, 2.75) is 13.0 Å². The second kappa shape index (κ2) is 6.47. The molecule has 5 heteroatoms. The molecule has 1 atom stereocenters. The summed E-state index contributed by atoms with van der Waals surface area (Å²) in [6.07, 6.45) is 2.09. The Hall–Kier alpha value is -0.260. The minimum atomic E-state index is 0.393. The second-order valence-corrected chi connectivity index (χ2v) is 5.82. The molecule has 0 aliphatic rings. The molecule has 1 unspecified atom stereocenters. The first-order valence-electron chi connectivity index (χ1n) is 4.89. The summed E-state index contributed by atoms with van der Waals surface area (Å²) in [5.74, 6) is 1.05. The van der Waals surface area contributed by atoms with Crippen molar-refractivity contribution in [1.82, 2.24) is 0 Å². The number of benzene rings is 1. The van der Waals surface area contributed by atoms with Crippen molar-refractivity contribution < 1.29 is 0 Å². The van der Waals surface area contributed by atoms with E-state index in [4.69, 9.17) is 18.0 Å². The molecule has 0 saturated carbocycles. The van der Waals surface area contributed by atoms with Gasteiger partial charge in [-0.2, -0.15) is 11.8 Å². The maximum absolute atomic E-state index is 5.70. The van der Waals surface area contributed by atoms with Gasteiger partial charge in [0.05, 0.1) is 0 Å². The fourth-order valence-corrected chi connectivity index (χ4v) is 2.52. The third-order valence-corrected chi connectivity index (χ3v) is 3.61. The number of nitrogens with one attached hydrogen (secondary N) is 1. The fraction of sp³-hybridized carbons (Fsp3) is 0.364. The first-order chi connectivity index (χ1) is 7.54. The molecular formula is C11H15BrN2S2. The van der Waals surface area contributed by atoms with Crippen LogP contribution in [0.4, 0.5) is 5.69 Å². The molecule has 0 spiro atoms. The second-order valence-electron chi connectivity index (χ2n) is 3.55. The molecule has 0 radical (unpaired) electrons. The van der Waals surface area contributed by atoms with Gasteiger partial charge in [0, 0.05) is 27.5 Å². The molecule has 2 nitrogen and oxygen atoms in total. The van der Waals surface area contributed by atoms with E-state index >= 15 is 0 Å². The van der Waals surface area contributed by atoms with Gasteiger partial charge in [0.2, 0.25) is 0 Å². The lowest BCUT2D eigenvalue weighted by Gasteiger charge is -2.17. The zero-order valence-electron chi connectivity index (χ0n) is 9.29. The highest BCUT2D eigenvalue weighted by Gasteiger charge is 2.08. The van der Waals surface area contributed by atoms with Gasteiger partial charge in [-0.3, -0.25) is 0 Å². The van der Waals surface area contributed by atoms with E-state index in [1.165, 1.54) is 0 Å². The maximum atomic E-state index is 5.70. The van der Waals surface area contributed by atoms with Crippen molar-refractivity contribution >= 4 is 50.6 Å². The van der Waals surface area contributed by atoms with Crippen LogP contribution in [0.25, 0.3) is 0 Å². The molecule has 0 aromatic heterocycles. The van der Waals surface area contributed by atoms with Crippen LogP contribution in [0.3, 0.4) is 0 Å². The van der Waals surface area contributed by atoms with E-state index in [2.05, 4.69) is 34.4 Å². The van der Waals surface area contributed by atoms with Crippen molar-refractivity contribution in [3.05, 3.63) is 28.2 Å². The Morgan fingerprint density at radius 2 is 2.31 bits per heavy atom. The van der Waals surface area contributed by atoms with Crippen LogP contribution in [0, 0.1) is 0 Å². The molecule has 88 valence electrons. The highest BCUT2D eigenvalue weighted by molar-refractivity contribution is 9.10. The van der Waals surface area contributed by atoms with Crippen molar-refractivity contribution in [1.29, 1.82) is 0 Å². The first kappa shape index (κ1) is 13.8. The summed E-state index contributed by atoms with van der Waals surface area (Å²) in [5.41, 5.74) is 7.58. The fourth-order valence-electron chi connectivity index (χ4n) is 1.40. The van der Waals surface area contributed by atoms with E-state index in [1.807, 2.05) is 30.0 Å². The lowest BCUT2D eigenvalue weighted by molar-refractivity contribution is 0.914. The third-order valence-electron chi connectivity index (χ3n) is 2.07. The average Bonchev–Trinajstić information content (AvgIpc) is 2.20. The summed E-state index contributed by atoms with van der Waals surface area (Å²) in [5, 5.41) is 3.41. The van der Waals surface area contributed by atoms with Crippen molar-refractivity contribution in [2.24, 2.45) is 5.73 Å². The molecule has 1 aromatic rings. The van der Waals surface area contributed by atoms with Crippen LogP contribution in [-0.4, -0.2) is 23.0 Å². The van der Waals surface area contributed by atoms with Crippen LogP contribution in [-0.2, 0) is 0 Å². The lowest BCUT2D eigenvalue weighted by Crippen LogP contribution is -2.21. The van der Waals surface area contributed by atoms with E-state index in [0.29, 0.717) is 11.0 Å². The Morgan fingerprint density at radius 3 is 2.88 bits per heavy atom. The smallest absolute Gasteiger partial charge is 0.106 e. The molecular weight excluding hydrogens is 304 g/mol. The van der Waals surface area contributed by atoms with Crippen LogP contribution < -0.4 is 11.1 Å². The molecule has 1 aromatic carbocycles. The Kier molecular flexibility index (Phi) is 5.58. The van der Waals surface area contributed by atoms with Gasteiger partial charge in [0.1, 0.15) is 4.99 Å². The van der Waals surface area contributed by atoms with Crippen molar-refractivity contribution in [3.8, 4) is 0 Å². The number of hydrogen-bond acceptors (Lipinski definition) is 3. The predicted octanol–water partition coefficient (Wildman–Crippen LogP) is 3.25. The molecule has 0 aliphatic heterocycles. The Balaban J connectivity index is 2.90. The number of hydrogen-bond donors (Lipinski definition) is 2. The first-order valence-corrected chi connectivity index (χ1v) is 7.49. The maximum Gasteiger partial charge on any atom is 0.106 e. The molecule has 0 amide bonds. The molecule has 0 aliphatic carbocycles. The van der Waals surface area contributed by atoms with Crippen molar-refractivity contribution in [2.75, 3.05) is 17.3 Å². The van der Waals surface area contributed by atoms with E-state index in [0.717, 1.165) is 21.5 Å². The summed E-state index contributed by atoms with van der Waals surface area (Å²) in [4.78, 5) is 0.417. The van der Waals surface area contributed by atoms with E-state index in [9.17, 15) is 0 Å². The number of nitrogens with two attached hydrogens (primary N) is 1. The van der Waals surface area contributed by atoms with Gasteiger partial charge >= 0.3 is 0 Å². The van der Waals surface area contributed by atoms with E-state index in [-0.39, 0.29) is 0 Å². The normalized spacial score (nSPS) is 12.2. The summed E-state index contributed by atoms with van der Waals surface area (Å²) >= 11 is 10.3. The number of rotatable bonds is 5.